The molecule has 1 aromatic rings. The SMILES string of the molecule is CCn1cc([C@H](C)NC(=S)NCCOC)c(C)n1. The summed E-state index contributed by atoms with van der Waals surface area (Å²) in [4.78, 5) is 0. The summed E-state index contributed by atoms with van der Waals surface area (Å²) in [6.45, 7) is 8.40. The Bertz CT molecular complexity index is 391. The molecule has 0 aromatic carbocycles. The molecule has 18 heavy (non-hydrogen) atoms. The number of aryl methyl sites for hydroxylation is 2. The highest BCUT2D eigenvalue weighted by atomic mass is 32.1. The van der Waals surface area contributed by atoms with Crippen LogP contribution in [0, 0.1) is 6.92 Å². The average molecular weight is 270 g/mol. The van der Waals surface area contributed by atoms with Gasteiger partial charge < -0.3 is 15.4 Å². The number of hydrogen-bond acceptors (Lipinski definition) is 3. The van der Waals surface area contributed by atoms with Gasteiger partial charge in [0.15, 0.2) is 5.11 Å². The number of nitrogens with zero attached hydrogens (tertiary/aromatic N) is 2. The molecule has 1 rings (SSSR count). The summed E-state index contributed by atoms with van der Waals surface area (Å²) in [5, 5.41) is 11.4. The maximum absolute atomic E-state index is 5.22. The molecule has 1 atom stereocenters. The zero-order chi connectivity index (χ0) is 13.5. The fourth-order valence-corrected chi connectivity index (χ4v) is 1.99. The molecule has 0 fully saturated rings. The molecule has 0 saturated carbocycles. The van der Waals surface area contributed by atoms with Gasteiger partial charge in [0.2, 0.25) is 0 Å². The first-order valence-electron chi connectivity index (χ1n) is 6.15. The van der Waals surface area contributed by atoms with Gasteiger partial charge >= 0.3 is 0 Å². The van der Waals surface area contributed by atoms with Crippen LogP contribution in [0.5, 0.6) is 0 Å². The van der Waals surface area contributed by atoms with Gasteiger partial charge in [0, 0.05) is 32.0 Å². The molecule has 0 amide bonds. The first-order chi connectivity index (χ1) is 8.58. The standard InChI is InChI=1S/C12H22N4OS/c1-5-16-8-11(10(3)15-16)9(2)14-12(18)13-6-7-17-4/h8-9H,5-7H2,1-4H3,(H2,13,14,18)/t9-/m0/s1. The van der Waals surface area contributed by atoms with Crippen LogP contribution in [0.15, 0.2) is 6.20 Å². The lowest BCUT2D eigenvalue weighted by Crippen LogP contribution is -2.38. The van der Waals surface area contributed by atoms with Gasteiger partial charge in [0.1, 0.15) is 0 Å². The van der Waals surface area contributed by atoms with Gasteiger partial charge in [-0.15, -0.1) is 0 Å². The molecule has 0 aliphatic rings. The van der Waals surface area contributed by atoms with Gasteiger partial charge in [0.05, 0.1) is 18.3 Å². The minimum absolute atomic E-state index is 0.146. The number of hydrogen-bond donors (Lipinski definition) is 2. The average Bonchev–Trinajstić information content (AvgIpc) is 2.71. The highest BCUT2D eigenvalue weighted by Crippen LogP contribution is 2.15. The molecule has 1 aromatic heterocycles. The molecule has 6 heteroatoms. The Hall–Kier alpha value is -1.14. The summed E-state index contributed by atoms with van der Waals surface area (Å²) in [7, 11) is 1.67. The molecule has 0 radical (unpaired) electrons. The lowest BCUT2D eigenvalue weighted by atomic mass is 10.1. The minimum Gasteiger partial charge on any atom is -0.383 e. The van der Waals surface area contributed by atoms with Crippen LogP contribution in [0.1, 0.15) is 31.1 Å². The van der Waals surface area contributed by atoms with Crippen LogP contribution in [0.4, 0.5) is 0 Å². The molecule has 0 spiro atoms. The molecule has 0 aliphatic carbocycles. The molecule has 0 unspecified atom stereocenters. The van der Waals surface area contributed by atoms with Crippen LogP contribution in [-0.4, -0.2) is 35.2 Å². The maximum atomic E-state index is 5.22. The van der Waals surface area contributed by atoms with Gasteiger partial charge in [-0.3, -0.25) is 4.68 Å². The Morgan fingerprint density at radius 1 is 1.61 bits per heavy atom. The minimum atomic E-state index is 0.146. The van der Waals surface area contributed by atoms with Crippen LogP contribution in [0.3, 0.4) is 0 Å². The third-order valence-corrected chi connectivity index (χ3v) is 2.98. The van der Waals surface area contributed by atoms with E-state index in [-0.39, 0.29) is 6.04 Å². The molecular weight excluding hydrogens is 248 g/mol. The normalized spacial score (nSPS) is 12.2. The van der Waals surface area contributed by atoms with E-state index in [1.165, 1.54) is 5.56 Å². The van der Waals surface area contributed by atoms with E-state index in [9.17, 15) is 0 Å². The van der Waals surface area contributed by atoms with E-state index in [0.29, 0.717) is 18.3 Å². The van der Waals surface area contributed by atoms with Gasteiger partial charge in [-0.25, -0.2) is 0 Å². The number of aromatic nitrogens is 2. The molecule has 5 nitrogen and oxygen atoms in total. The van der Waals surface area contributed by atoms with Gasteiger partial charge in [0.25, 0.3) is 0 Å². The summed E-state index contributed by atoms with van der Waals surface area (Å²) < 4.78 is 6.89. The first kappa shape index (κ1) is 14.9. The van der Waals surface area contributed by atoms with E-state index in [4.69, 9.17) is 17.0 Å². The number of methoxy groups -OCH3 is 1. The van der Waals surface area contributed by atoms with Crippen molar-refractivity contribution < 1.29 is 4.74 Å². The molecule has 2 N–H and O–H groups in total. The molecule has 0 aliphatic heterocycles. The van der Waals surface area contributed by atoms with Crippen molar-refractivity contribution in [2.24, 2.45) is 0 Å². The van der Waals surface area contributed by atoms with E-state index in [2.05, 4.69) is 35.8 Å². The topological polar surface area (TPSA) is 51.1 Å². The fraction of sp³-hybridized carbons (Fsp3) is 0.667. The summed E-state index contributed by atoms with van der Waals surface area (Å²) >= 11 is 5.22. The highest BCUT2D eigenvalue weighted by molar-refractivity contribution is 7.80. The predicted octanol–water partition coefficient (Wildman–Crippen LogP) is 1.38. The van der Waals surface area contributed by atoms with Crippen LogP contribution in [0.25, 0.3) is 0 Å². The van der Waals surface area contributed by atoms with E-state index >= 15 is 0 Å². The maximum Gasteiger partial charge on any atom is 0.166 e. The Morgan fingerprint density at radius 3 is 2.89 bits per heavy atom. The van der Waals surface area contributed by atoms with E-state index in [1.54, 1.807) is 7.11 Å². The molecular formula is C12H22N4OS. The van der Waals surface area contributed by atoms with Crippen molar-refractivity contribution in [1.29, 1.82) is 0 Å². The smallest absolute Gasteiger partial charge is 0.166 e. The largest absolute Gasteiger partial charge is 0.383 e. The Balaban J connectivity index is 2.50. The lowest BCUT2D eigenvalue weighted by Gasteiger charge is -2.16. The Kier molecular flexibility index (Phi) is 6.07. The van der Waals surface area contributed by atoms with Crippen LogP contribution < -0.4 is 10.6 Å². The Morgan fingerprint density at radius 2 is 2.33 bits per heavy atom. The first-order valence-corrected chi connectivity index (χ1v) is 6.56. The van der Waals surface area contributed by atoms with Crippen molar-refractivity contribution in [3.8, 4) is 0 Å². The van der Waals surface area contributed by atoms with Crippen molar-refractivity contribution in [3.05, 3.63) is 17.5 Å². The molecule has 0 saturated heterocycles. The summed E-state index contributed by atoms with van der Waals surface area (Å²) in [6, 6.07) is 0.146. The van der Waals surface area contributed by atoms with Gasteiger partial charge in [-0.1, -0.05) is 0 Å². The van der Waals surface area contributed by atoms with Crippen LogP contribution in [-0.2, 0) is 11.3 Å². The van der Waals surface area contributed by atoms with Crippen molar-refractivity contribution in [2.45, 2.75) is 33.4 Å². The third-order valence-electron chi connectivity index (χ3n) is 2.71. The summed E-state index contributed by atoms with van der Waals surface area (Å²) in [6.07, 6.45) is 2.06. The highest BCUT2D eigenvalue weighted by Gasteiger charge is 2.12. The van der Waals surface area contributed by atoms with Crippen LogP contribution in [0.2, 0.25) is 0 Å². The summed E-state index contributed by atoms with van der Waals surface area (Å²) in [5.41, 5.74) is 2.21. The molecule has 0 bridgehead atoms. The van der Waals surface area contributed by atoms with Crippen molar-refractivity contribution >= 4 is 17.3 Å². The number of thiocarbonyl (C=S) groups is 1. The van der Waals surface area contributed by atoms with E-state index in [0.717, 1.165) is 12.2 Å². The van der Waals surface area contributed by atoms with Gasteiger partial charge in [-0.05, 0) is 33.0 Å². The number of ether oxygens (including phenoxy) is 1. The quantitative estimate of drug-likeness (QED) is 0.604. The lowest BCUT2D eigenvalue weighted by molar-refractivity contribution is 0.204. The second-order valence-corrected chi connectivity index (χ2v) is 4.55. The number of rotatable bonds is 6. The van der Waals surface area contributed by atoms with Crippen molar-refractivity contribution in [1.82, 2.24) is 20.4 Å². The zero-order valence-corrected chi connectivity index (χ0v) is 12.3. The second kappa shape index (κ2) is 7.33. The van der Waals surface area contributed by atoms with Crippen molar-refractivity contribution in [2.75, 3.05) is 20.3 Å². The fourth-order valence-electron chi connectivity index (χ4n) is 1.71. The van der Waals surface area contributed by atoms with E-state index < -0.39 is 0 Å². The number of nitrogens with one attached hydrogen (secondary N) is 2. The molecule has 102 valence electrons. The molecule has 1 heterocycles. The predicted molar refractivity (Wildman–Crippen MR) is 76.7 cm³/mol. The second-order valence-electron chi connectivity index (χ2n) is 4.14. The van der Waals surface area contributed by atoms with Crippen LogP contribution >= 0.6 is 12.2 Å². The monoisotopic (exact) mass is 270 g/mol. The zero-order valence-electron chi connectivity index (χ0n) is 11.5. The van der Waals surface area contributed by atoms with Gasteiger partial charge in [-0.2, -0.15) is 5.10 Å². The summed E-state index contributed by atoms with van der Waals surface area (Å²) in [5.74, 6) is 0. The third kappa shape index (κ3) is 4.27. The van der Waals surface area contributed by atoms with E-state index in [1.807, 2.05) is 11.6 Å². The van der Waals surface area contributed by atoms with Crippen molar-refractivity contribution in [3.63, 3.8) is 0 Å². The Labute approximate surface area is 114 Å².